The summed E-state index contributed by atoms with van der Waals surface area (Å²) in [6.07, 6.45) is 8.59. The standard InChI is InChI=1S/C26H33NO2/c1-26-15-22(16-4-7-18(8-5-16)27(2)3)25-20-11-9-19(28)14-17(20)6-10-21(25)23(26)12-13-24(26)29/h4-5,7-8,14,21-24,29H,6,9-13,15H2,1-3H3/t21-,22+,23?,24?,26-/m0/s1. The van der Waals surface area contributed by atoms with Crippen molar-refractivity contribution >= 4 is 11.5 Å². The second-order valence-corrected chi connectivity index (χ2v) is 10.2. The van der Waals surface area contributed by atoms with Crippen LogP contribution in [0, 0.1) is 17.3 Å². The molecular formula is C26H33NO2. The van der Waals surface area contributed by atoms with Crippen LogP contribution >= 0.6 is 0 Å². The first kappa shape index (κ1) is 19.1. The smallest absolute Gasteiger partial charge is 0.156 e. The maximum atomic E-state index is 12.1. The minimum Gasteiger partial charge on any atom is -0.393 e. The summed E-state index contributed by atoms with van der Waals surface area (Å²) in [5, 5.41) is 10.9. The van der Waals surface area contributed by atoms with Crippen LogP contribution in [0.1, 0.15) is 63.4 Å². The van der Waals surface area contributed by atoms with Gasteiger partial charge in [-0.2, -0.15) is 0 Å². The molecule has 0 heterocycles. The molecule has 2 saturated carbocycles. The minimum atomic E-state index is -0.188. The summed E-state index contributed by atoms with van der Waals surface area (Å²) >= 11 is 0. The van der Waals surface area contributed by atoms with Gasteiger partial charge < -0.3 is 10.0 Å². The number of allylic oxidation sites excluding steroid dienone is 4. The Hall–Kier alpha value is -1.87. The number of nitrogens with zero attached hydrogens (tertiary/aromatic N) is 1. The fraction of sp³-hybridized carbons (Fsp3) is 0.577. The number of carbonyl (C=O) groups is 1. The van der Waals surface area contributed by atoms with Crippen LogP contribution in [0.4, 0.5) is 5.69 Å². The van der Waals surface area contributed by atoms with E-state index in [4.69, 9.17) is 0 Å². The van der Waals surface area contributed by atoms with Crippen LogP contribution in [0.15, 0.2) is 47.1 Å². The number of hydrogen-bond donors (Lipinski definition) is 1. The van der Waals surface area contributed by atoms with Gasteiger partial charge in [-0.15, -0.1) is 0 Å². The van der Waals surface area contributed by atoms with Crippen molar-refractivity contribution < 1.29 is 9.90 Å². The average Bonchev–Trinajstić information content (AvgIpc) is 3.01. The van der Waals surface area contributed by atoms with Gasteiger partial charge in [-0.05, 0) is 90.7 Å². The molecular weight excluding hydrogens is 358 g/mol. The molecule has 2 unspecified atom stereocenters. The van der Waals surface area contributed by atoms with Gasteiger partial charge >= 0.3 is 0 Å². The Labute approximate surface area is 174 Å². The van der Waals surface area contributed by atoms with Crippen LogP contribution in [0.2, 0.25) is 0 Å². The second kappa shape index (κ2) is 6.84. The van der Waals surface area contributed by atoms with Crippen LogP contribution in [0.3, 0.4) is 0 Å². The van der Waals surface area contributed by atoms with Crippen molar-refractivity contribution in [1.29, 1.82) is 0 Å². The van der Waals surface area contributed by atoms with Gasteiger partial charge in [0.05, 0.1) is 6.10 Å². The van der Waals surface area contributed by atoms with E-state index in [2.05, 4.69) is 50.2 Å². The zero-order valence-electron chi connectivity index (χ0n) is 17.9. The summed E-state index contributed by atoms with van der Waals surface area (Å²) in [4.78, 5) is 14.2. The molecule has 0 bridgehead atoms. The lowest BCUT2D eigenvalue weighted by Gasteiger charge is -2.52. The van der Waals surface area contributed by atoms with Crippen molar-refractivity contribution in [3.05, 3.63) is 52.6 Å². The van der Waals surface area contributed by atoms with Gasteiger partial charge in [-0.1, -0.05) is 24.6 Å². The third-order valence-corrected chi connectivity index (χ3v) is 8.49. The van der Waals surface area contributed by atoms with E-state index in [1.807, 2.05) is 6.08 Å². The van der Waals surface area contributed by atoms with Gasteiger partial charge in [-0.25, -0.2) is 0 Å². The Bertz CT molecular complexity index is 894. The second-order valence-electron chi connectivity index (χ2n) is 10.2. The quantitative estimate of drug-likeness (QED) is 0.770. The first-order valence-electron chi connectivity index (χ1n) is 11.3. The summed E-state index contributed by atoms with van der Waals surface area (Å²) in [6.45, 7) is 2.34. The Morgan fingerprint density at radius 1 is 1.03 bits per heavy atom. The summed E-state index contributed by atoms with van der Waals surface area (Å²) in [7, 11) is 4.15. The van der Waals surface area contributed by atoms with Crippen molar-refractivity contribution in [1.82, 2.24) is 0 Å². The molecule has 4 aliphatic carbocycles. The number of ketones is 1. The third-order valence-electron chi connectivity index (χ3n) is 8.49. The zero-order chi connectivity index (χ0) is 20.3. The van der Waals surface area contributed by atoms with E-state index in [1.165, 1.54) is 22.4 Å². The van der Waals surface area contributed by atoms with Crippen LogP contribution in [0.5, 0.6) is 0 Å². The fourth-order valence-electron chi connectivity index (χ4n) is 6.94. The highest BCUT2D eigenvalue weighted by Gasteiger charge is 2.56. The fourth-order valence-corrected chi connectivity index (χ4v) is 6.94. The van der Waals surface area contributed by atoms with Gasteiger partial charge in [0, 0.05) is 32.1 Å². The van der Waals surface area contributed by atoms with Crippen molar-refractivity contribution in [3.63, 3.8) is 0 Å². The third kappa shape index (κ3) is 2.92. The molecule has 1 aromatic carbocycles. The largest absolute Gasteiger partial charge is 0.393 e. The van der Waals surface area contributed by atoms with Crippen molar-refractivity contribution in [2.24, 2.45) is 17.3 Å². The van der Waals surface area contributed by atoms with Crippen LogP contribution in [-0.4, -0.2) is 31.1 Å². The minimum absolute atomic E-state index is 0.00527. The predicted molar refractivity (Wildman–Crippen MR) is 117 cm³/mol. The van der Waals surface area contributed by atoms with E-state index < -0.39 is 0 Å². The van der Waals surface area contributed by atoms with Crippen LogP contribution in [0.25, 0.3) is 0 Å². The maximum absolute atomic E-state index is 12.1. The lowest BCUT2D eigenvalue weighted by Crippen LogP contribution is -2.45. The molecule has 154 valence electrons. The number of carbonyl (C=O) groups excluding carboxylic acids is 1. The van der Waals surface area contributed by atoms with E-state index >= 15 is 0 Å². The van der Waals surface area contributed by atoms with Gasteiger partial charge in [0.15, 0.2) is 5.78 Å². The van der Waals surface area contributed by atoms with Crippen molar-refractivity contribution in [2.75, 3.05) is 19.0 Å². The lowest BCUT2D eigenvalue weighted by atomic mass is 9.53. The molecule has 5 atom stereocenters. The number of rotatable bonds is 2. The molecule has 1 aromatic rings. The van der Waals surface area contributed by atoms with Gasteiger partial charge in [-0.3, -0.25) is 4.79 Å². The number of aliphatic hydroxyl groups excluding tert-OH is 1. The monoisotopic (exact) mass is 391 g/mol. The number of hydrogen-bond acceptors (Lipinski definition) is 3. The molecule has 1 N–H and O–H groups in total. The van der Waals surface area contributed by atoms with E-state index in [-0.39, 0.29) is 11.5 Å². The molecule has 0 saturated heterocycles. The Morgan fingerprint density at radius 3 is 2.52 bits per heavy atom. The Kier molecular flexibility index (Phi) is 4.51. The van der Waals surface area contributed by atoms with Crippen LogP contribution < -0.4 is 4.90 Å². The highest BCUT2D eigenvalue weighted by Crippen LogP contribution is 2.63. The highest BCUT2D eigenvalue weighted by atomic mass is 16.3. The summed E-state index contributed by atoms with van der Waals surface area (Å²) in [6, 6.07) is 9.03. The lowest BCUT2D eigenvalue weighted by molar-refractivity contribution is -0.114. The van der Waals surface area contributed by atoms with E-state index in [0.717, 1.165) is 38.5 Å². The molecule has 5 rings (SSSR count). The van der Waals surface area contributed by atoms with E-state index in [1.54, 1.807) is 5.57 Å². The molecule has 3 nitrogen and oxygen atoms in total. The van der Waals surface area contributed by atoms with Crippen molar-refractivity contribution in [3.8, 4) is 0 Å². The number of benzene rings is 1. The molecule has 29 heavy (non-hydrogen) atoms. The molecule has 4 aliphatic rings. The van der Waals surface area contributed by atoms with Gasteiger partial charge in [0.25, 0.3) is 0 Å². The predicted octanol–water partition coefficient (Wildman–Crippen LogP) is 5.01. The topological polar surface area (TPSA) is 40.5 Å². The SMILES string of the molecule is CN(C)c1ccc([C@H]2C[C@]3(C)C(O)CCC3[C@@H]3CCC4=CC(=O)CCC4=C32)cc1. The number of aliphatic hydroxyl groups is 1. The molecule has 3 heteroatoms. The summed E-state index contributed by atoms with van der Waals surface area (Å²) in [5.74, 6) is 1.80. The highest BCUT2D eigenvalue weighted by molar-refractivity contribution is 5.93. The Morgan fingerprint density at radius 2 is 1.79 bits per heavy atom. The molecule has 0 spiro atoms. The zero-order valence-corrected chi connectivity index (χ0v) is 17.9. The average molecular weight is 392 g/mol. The molecule has 0 aromatic heterocycles. The first-order valence-corrected chi connectivity index (χ1v) is 11.3. The number of fused-ring (bicyclic) bond motifs is 4. The molecule has 0 amide bonds. The van der Waals surface area contributed by atoms with Crippen LogP contribution in [-0.2, 0) is 4.79 Å². The van der Waals surface area contributed by atoms with Gasteiger partial charge in [0.2, 0.25) is 0 Å². The van der Waals surface area contributed by atoms with E-state index in [9.17, 15) is 9.90 Å². The summed E-state index contributed by atoms with van der Waals surface area (Å²) < 4.78 is 0. The molecule has 2 fully saturated rings. The summed E-state index contributed by atoms with van der Waals surface area (Å²) in [5.41, 5.74) is 7.02. The maximum Gasteiger partial charge on any atom is 0.156 e. The molecule has 0 radical (unpaired) electrons. The van der Waals surface area contributed by atoms with E-state index in [0.29, 0.717) is 30.0 Å². The first-order chi connectivity index (χ1) is 13.9. The number of anilines is 1. The molecule has 0 aliphatic heterocycles. The van der Waals surface area contributed by atoms with Crippen molar-refractivity contribution in [2.45, 2.75) is 63.9 Å². The van der Waals surface area contributed by atoms with Gasteiger partial charge in [0.1, 0.15) is 0 Å². The Balaban J connectivity index is 1.64. The normalized spacial score (nSPS) is 36.3.